The first kappa shape index (κ1) is 19.9. The van der Waals surface area contributed by atoms with Gasteiger partial charge in [0.2, 0.25) is 0 Å². The molecule has 0 bridgehead atoms. The van der Waals surface area contributed by atoms with Gasteiger partial charge in [0.15, 0.2) is 5.82 Å². The van der Waals surface area contributed by atoms with Gasteiger partial charge in [0.25, 0.3) is 0 Å². The first-order valence-electron chi connectivity index (χ1n) is 8.25. The molecule has 1 N–H and O–H groups in total. The zero-order chi connectivity index (χ0) is 20.1. The van der Waals surface area contributed by atoms with Crippen molar-refractivity contribution in [2.75, 3.05) is 12.5 Å². The van der Waals surface area contributed by atoms with Gasteiger partial charge >= 0.3 is 0 Å². The highest BCUT2D eigenvalue weighted by molar-refractivity contribution is 6.42. The lowest BCUT2D eigenvalue weighted by Gasteiger charge is -2.08. The number of halogens is 2. The van der Waals surface area contributed by atoms with Crippen LogP contribution >= 0.6 is 23.2 Å². The third kappa shape index (κ3) is 4.52. The molecule has 142 valence electrons. The molecule has 0 radical (unpaired) electrons. The lowest BCUT2D eigenvalue weighted by molar-refractivity contribution is 0.184. The standard InChI is InChI=1S/C20H16Cl2N4O2/c1-12-7-14(11-27-2)16(9-23)20(25-12)26-24-10-15-4-6-19(28-15)13-3-5-17(21)18(22)8-13/h3-8,10H,11H2,1-2H3,(H,25,26)/b24-10+. The Bertz CT molecular complexity index is 1070. The lowest BCUT2D eigenvalue weighted by Crippen LogP contribution is -2.03. The number of furan rings is 1. The van der Waals surface area contributed by atoms with E-state index in [2.05, 4.69) is 21.6 Å². The molecule has 0 amide bonds. The molecule has 3 aromatic rings. The van der Waals surface area contributed by atoms with Gasteiger partial charge in [-0.1, -0.05) is 23.2 Å². The minimum absolute atomic E-state index is 0.315. The maximum absolute atomic E-state index is 9.43. The highest BCUT2D eigenvalue weighted by Crippen LogP contribution is 2.29. The summed E-state index contributed by atoms with van der Waals surface area (Å²) in [5, 5.41) is 14.5. The molecular formula is C20H16Cl2N4O2. The molecule has 2 aromatic heterocycles. The normalized spacial score (nSPS) is 11.0. The van der Waals surface area contributed by atoms with E-state index in [1.807, 2.05) is 25.1 Å². The Morgan fingerprint density at radius 1 is 1.25 bits per heavy atom. The highest BCUT2D eigenvalue weighted by atomic mass is 35.5. The number of benzene rings is 1. The number of aryl methyl sites for hydroxylation is 1. The second-order valence-corrected chi connectivity index (χ2v) is 6.71. The fraction of sp³-hybridized carbons (Fsp3) is 0.150. The van der Waals surface area contributed by atoms with Crippen LogP contribution in [-0.4, -0.2) is 18.3 Å². The molecule has 0 spiro atoms. The van der Waals surface area contributed by atoms with Crippen LogP contribution in [0, 0.1) is 18.3 Å². The van der Waals surface area contributed by atoms with Crippen molar-refractivity contribution < 1.29 is 9.15 Å². The minimum atomic E-state index is 0.315. The minimum Gasteiger partial charge on any atom is -0.455 e. The van der Waals surface area contributed by atoms with Crippen LogP contribution in [0.3, 0.4) is 0 Å². The third-order valence-corrected chi connectivity index (χ3v) is 4.57. The van der Waals surface area contributed by atoms with Crippen LogP contribution in [0.4, 0.5) is 5.82 Å². The number of hydrogen-bond donors (Lipinski definition) is 1. The molecule has 0 unspecified atom stereocenters. The predicted octanol–water partition coefficient (Wildman–Crippen LogP) is 5.42. The topological polar surface area (TPSA) is 83.4 Å². The zero-order valence-corrected chi connectivity index (χ0v) is 16.7. The molecule has 0 atom stereocenters. The van der Waals surface area contributed by atoms with Gasteiger partial charge < -0.3 is 9.15 Å². The number of nitriles is 1. The molecule has 2 heterocycles. The van der Waals surface area contributed by atoms with Gasteiger partial charge in [-0.2, -0.15) is 10.4 Å². The quantitative estimate of drug-likeness (QED) is 0.429. The van der Waals surface area contributed by atoms with E-state index in [9.17, 15) is 5.26 Å². The molecule has 0 aliphatic rings. The molecule has 0 saturated carbocycles. The van der Waals surface area contributed by atoms with Crippen molar-refractivity contribution in [1.82, 2.24) is 4.98 Å². The Hall–Kier alpha value is -2.85. The van der Waals surface area contributed by atoms with Crippen LogP contribution in [0.1, 0.15) is 22.6 Å². The summed E-state index contributed by atoms with van der Waals surface area (Å²) in [6.45, 7) is 2.15. The Kier molecular flexibility index (Phi) is 6.32. The summed E-state index contributed by atoms with van der Waals surface area (Å²) in [6, 6.07) is 12.8. The highest BCUT2D eigenvalue weighted by Gasteiger charge is 2.11. The number of nitrogens with one attached hydrogen (secondary N) is 1. The number of aromatic nitrogens is 1. The fourth-order valence-electron chi connectivity index (χ4n) is 2.60. The summed E-state index contributed by atoms with van der Waals surface area (Å²) in [4.78, 5) is 4.33. The van der Waals surface area contributed by atoms with E-state index in [0.717, 1.165) is 16.8 Å². The van der Waals surface area contributed by atoms with Crippen LogP contribution in [0.25, 0.3) is 11.3 Å². The van der Waals surface area contributed by atoms with Crippen molar-refractivity contribution in [3.05, 3.63) is 69.0 Å². The number of rotatable bonds is 6. The van der Waals surface area contributed by atoms with E-state index in [1.54, 1.807) is 25.3 Å². The van der Waals surface area contributed by atoms with Crippen LogP contribution in [0.5, 0.6) is 0 Å². The Balaban J connectivity index is 1.78. The molecule has 6 nitrogen and oxygen atoms in total. The van der Waals surface area contributed by atoms with Crippen molar-refractivity contribution >= 4 is 35.2 Å². The van der Waals surface area contributed by atoms with E-state index < -0.39 is 0 Å². The fourth-order valence-corrected chi connectivity index (χ4v) is 2.90. The molecule has 28 heavy (non-hydrogen) atoms. The van der Waals surface area contributed by atoms with Gasteiger partial charge in [-0.3, -0.25) is 5.43 Å². The number of hydrazone groups is 1. The first-order valence-corrected chi connectivity index (χ1v) is 9.01. The molecule has 0 aliphatic heterocycles. The molecule has 0 saturated heterocycles. The van der Waals surface area contributed by atoms with Crippen LogP contribution in [0.15, 0.2) is 45.9 Å². The molecular weight excluding hydrogens is 399 g/mol. The second-order valence-electron chi connectivity index (χ2n) is 5.89. The van der Waals surface area contributed by atoms with Gasteiger partial charge in [0.05, 0.1) is 22.9 Å². The lowest BCUT2D eigenvalue weighted by atomic mass is 10.1. The summed E-state index contributed by atoms with van der Waals surface area (Å²) in [6.07, 6.45) is 1.50. The Morgan fingerprint density at radius 2 is 2.07 bits per heavy atom. The molecule has 0 aliphatic carbocycles. The molecule has 1 aromatic carbocycles. The zero-order valence-electron chi connectivity index (χ0n) is 15.2. The third-order valence-electron chi connectivity index (χ3n) is 3.83. The molecule has 0 fully saturated rings. The van der Waals surface area contributed by atoms with Gasteiger partial charge in [-0.05, 0) is 43.3 Å². The second kappa shape index (κ2) is 8.89. The van der Waals surface area contributed by atoms with E-state index in [1.165, 1.54) is 6.21 Å². The number of pyridine rings is 1. The van der Waals surface area contributed by atoms with E-state index >= 15 is 0 Å². The van der Waals surface area contributed by atoms with Gasteiger partial charge in [0, 0.05) is 23.9 Å². The largest absolute Gasteiger partial charge is 0.455 e. The number of methoxy groups -OCH3 is 1. The van der Waals surface area contributed by atoms with Crippen molar-refractivity contribution in [2.45, 2.75) is 13.5 Å². The van der Waals surface area contributed by atoms with Crippen molar-refractivity contribution in [3.8, 4) is 17.4 Å². The molecule has 8 heteroatoms. The SMILES string of the molecule is COCc1cc(C)nc(N/N=C/c2ccc(-c3ccc(Cl)c(Cl)c3)o2)c1C#N. The average molecular weight is 415 g/mol. The van der Waals surface area contributed by atoms with Crippen molar-refractivity contribution in [2.24, 2.45) is 5.10 Å². The summed E-state index contributed by atoms with van der Waals surface area (Å²) >= 11 is 12.0. The summed E-state index contributed by atoms with van der Waals surface area (Å²) in [5.74, 6) is 1.52. The smallest absolute Gasteiger partial charge is 0.164 e. The maximum atomic E-state index is 9.43. The van der Waals surface area contributed by atoms with E-state index in [4.69, 9.17) is 32.4 Å². The van der Waals surface area contributed by atoms with E-state index in [0.29, 0.717) is 39.6 Å². The number of anilines is 1. The van der Waals surface area contributed by atoms with Crippen molar-refractivity contribution in [3.63, 3.8) is 0 Å². The summed E-state index contributed by atoms with van der Waals surface area (Å²) < 4.78 is 10.9. The van der Waals surface area contributed by atoms with Crippen molar-refractivity contribution in [1.29, 1.82) is 5.26 Å². The first-order chi connectivity index (χ1) is 13.5. The number of nitrogens with zero attached hydrogens (tertiary/aromatic N) is 3. The summed E-state index contributed by atoms with van der Waals surface area (Å²) in [5.41, 5.74) is 5.49. The Morgan fingerprint density at radius 3 is 2.79 bits per heavy atom. The number of ether oxygens (including phenoxy) is 1. The van der Waals surface area contributed by atoms with Crippen LogP contribution in [0.2, 0.25) is 10.0 Å². The average Bonchev–Trinajstić information content (AvgIpc) is 3.13. The monoisotopic (exact) mass is 414 g/mol. The van der Waals surface area contributed by atoms with Crippen LogP contribution in [-0.2, 0) is 11.3 Å². The van der Waals surface area contributed by atoms with Crippen LogP contribution < -0.4 is 5.43 Å². The molecule has 3 rings (SSSR count). The predicted molar refractivity (Wildman–Crippen MR) is 110 cm³/mol. The maximum Gasteiger partial charge on any atom is 0.164 e. The van der Waals surface area contributed by atoms with E-state index in [-0.39, 0.29) is 0 Å². The van der Waals surface area contributed by atoms with Gasteiger partial charge in [-0.25, -0.2) is 4.98 Å². The number of hydrogen-bond acceptors (Lipinski definition) is 6. The van der Waals surface area contributed by atoms with Gasteiger partial charge in [0.1, 0.15) is 23.2 Å². The summed E-state index contributed by atoms with van der Waals surface area (Å²) in [7, 11) is 1.57. The van der Waals surface area contributed by atoms with Gasteiger partial charge in [-0.15, -0.1) is 0 Å². The Labute approximate surface area is 172 Å².